The third kappa shape index (κ3) is 3.63. The Morgan fingerprint density at radius 1 is 0.741 bits per heavy atom. The van der Waals surface area contributed by atoms with Crippen molar-refractivity contribution in [2.24, 2.45) is 0 Å². The van der Waals surface area contributed by atoms with Gasteiger partial charge in [0.2, 0.25) is 0 Å². The first-order valence-corrected chi connectivity index (χ1v) is 9.25. The first-order valence-electron chi connectivity index (χ1n) is 9.25. The maximum absolute atomic E-state index is 6.36. The Morgan fingerprint density at radius 2 is 1.30 bits per heavy atom. The molecule has 0 aliphatic rings. The topological polar surface area (TPSA) is 27.1 Å². The second kappa shape index (κ2) is 7.92. The summed E-state index contributed by atoms with van der Waals surface area (Å²) in [5.74, 6) is 0.832. The van der Waals surface area contributed by atoms with E-state index in [0.29, 0.717) is 6.61 Å². The summed E-state index contributed by atoms with van der Waals surface area (Å²) in [6, 6.07) is 30.8. The van der Waals surface area contributed by atoms with Crippen molar-refractivity contribution in [1.29, 1.82) is 0 Å². The van der Waals surface area contributed by atoms with Crippen LogP contribution in [-0.4, -0.2) is 9.78 Å². The van der Waals surface area contributed by atoms with Crippen molar-refractivity contribution < 1.29 is 4.74 Å². The lowest BCUT2D eigenvalue weighted by atomic mass is 10.1. The molecule has 4 aromatic rings. The van der Waals surface area contributed by atoms with Crippen LogP contribution in [0.5, 0.6) is 5.75 Å². The molecule has 0 unspecified atom stereocenters. The average molecular weight is 354 g/mol. The summed E-state index contributed by atoms with van der Waals surface area (Å²) >= 11 is 0. The van der Waals surface area contributed by atoms with Crippen LogP contribution in [0, 0.1) is 0 Å². The first-order chi connectivity index (χ1) is 13.4. The van der Waals surface area contributed by atoms with Gasteiger partial charge in [-0.3, -0.25) is 4.68 Å². The molecule has 1 heterocycles. The first kappa shape index (κ1) is 17.1. The second-order valence-electron chi connectivity index (χ2n) is 6.35. The van der Waals surface area contributed by atoms with E-state index in [1.807, 2.05) is 59.3 Å². The fourth-order valence-corrected chi connectivity index (χ4v) is 3.20. The van der Waals surface area contributed by atoms with E-state index in [-0.39, 0.29) is 0 Å². The van der Waals surface area contributed by atoms with Gasteiger partial charge in [-0.05, 0) is 12.5 Å². The molecule has 3 aromatic carbocycles. The summed E-state index contributed by atoms with van der Waals surface area (Å²) in [6.45, 7) is 3.39. The smallest absolute Gasteiger partial charge is 0.173 e. The lowest BCUT2D eigenvalue weighted by Gasteiger charge is -2.11. The lowest BCUT2D eigenvalue weighted by Crippen LogP contribution is -2.01. The molecule has 0 fully saturated rings. The number of hydrogen-bond donors (Lipinski definition) is 0. The second-order valence-corrected chi connectivity index (χ2v) is 6.35. The van der Waals surface area contributed by atoms with Gasteiger partial charge < -0.3 is 4.74 Å². The normalized spacial score (nSPS) is 10.7. The minimum atomic E-state index is 0.510. The van der Waals surface area contributed by atoms with Crippen molar-refractivity contribution >= 4 is 0 Å². The van der Waals surface area contributed by atoms with Crippen LogP contribution in [0.15, 0.2) is 91.0 Å². The van der Waals surface area contributed by atoms with Gasteiger partial charge in [0.15, 0.2) is 5.75 Å². The molecule has 0 aliphatic heterocycles. The molecule has 0 N–H and O–H groups in total. The largest absolute Gasteiger partial charge is 0.484 e. The van der Waals surface area contributed by atoms with Crippen LogP contribution in [0.3, 0.4) is 0 Å². The molecule has 1 aromatic heterocycles. The zero-order chi connectivity index (χ0) is 18.5. The van der Waals surface area contributed by atoms with Crippen molar-refractivity contribution in [2.45, 2.75) is 20.1 Å². The Morgan fingerprint density at radius 3 is 1.89 bits per heavy atom. The van der Waals surface area contributed by atoms with E-state index in [0.717, 1.165) is 40.4 Å². The molecule has 3 heteroatoms. The summed E-state index contributed by atoms with van der Waals surface area (Å²) in [6.07, 6.45) is 0. The van der Waals surface area contributed by atoms with Crippen molar-refractivity contribution in [1.82, 2.24) is 9.78 Å². The maximum atomic E-state index is 6.36. The van der Waals surface area contributed by atoms with Crippen molar-refractivity contribution in [3.63, 3.8) is 0 Å². The summed E-state index contributed by atoms with van der Waals surface area (Å²) in [7, 11) is 0. The van der Waals surface area contributed by atoms with Gasteiger partial charge in [0.25, 0.3) is 0 Å². The summed E-state index contributed by atoms with van der Waals surface area (Å²) in [5, 5.41) is 4.88. The highest BCUT2D eigenvalue weighted by Gasteiger charge is 2.21. The zero-order valence-corrected chi connectivity index (χ0v) is 15.4. The summed E-state index contributed by atoms with van der Waals surface area (Å²) in [4.78, 5) is 0. The molecule has 0 spiro atoms. The third-order valence-electron chi connectivity index (χ3n) is 4.53. The predicted molar refractivity (Wildman–Crippen MR) is 110 cm³/mol. The molecular weight excluding hydrogens is 332 g/mol. The van der Waals surface area contributed by atoms with Crippen molar-refractivity contribution in [3.8, 4) is 28.3 Å². The van der Waals surface area contributed by atoms with Crippen LogP contribution in [0.25, 0.3) is 22.5 Å². The van der Waals surface area contributed by atoms with Gasteiger partial charge in [0.1, 0.15) is 18.0 Å². The van der Waals surface area contributed by atoms with Gasteiger partial charge in [-0.15, -0.1) is 0 Å². The molecule has 0 atom stereocenters. The minimum absolute atomic E-state index is 0.510. The van der Waals surface area contributed by atoms with Crippen LogP contribution in [-0.2, 0) is 13.2 Å². The number of aromatic nitrogens is 2. The summed E-state index contributed by atoms with van der Waals surface area (Å²) in [5.41, 5.74) is 5.21. The van der Waals surface area contributed by atoms with Crippen LogP contribution in [0.2, 0.25) is 0 Å². The Bertz CT molecular complexity index is 993. The highest BCUT2D eigenvalue weighted by molar-refractivity contribution is 5.78. The SMILES string of the molecule is CCn1nc(-c2ccccc2)c(OCc2ccccc2)c1-c1ccccc1. The van der Waals surface area contributed by atoms with Crippen LogP contribution in [0.1, 0.15) is 12.5 Å². The highest BCUT2D eigenvalue weighted by Crippen LogP contribution is 2.39. The van der Waals surface area contributed by atoms with Gasteiger partial charge in [0.05, 0.1) is 0 Å². The maximum Gasteiger partial charge on any atom is 0.173 e. The number of aryl methyl sites for hydroxylation is 1. The molecule has 134 valence electrons. The number of ether oxygens (including phenoxy) is 1. The number of rotatable bonds is 6. The monoisotopic (exact) mass is 354 g/mol. The van der Waals surface area contributed by atoms with Gasteiger partial charge >= 0.3 is 0 Å². The van der Waals surface area contributed by atoms with E-state index < -0.39 is 0 Å². The zero-order valence-electron chi connectivity index (χ0n) is 15.4. The Kier molecular flexibility index (Phi) is 5.01. The predicted octanol–water partition coefficient (Wildman–Crippen LogP) is 5.82. The highest BCUT2D eigenvalue weighted by atomic mass is 16.5. The van der Waals surface area contributed by atoms with E-state index in [4.69, 9.17) is 9.84 Å². The third-order valence-corrected chi connectivity index (χ3v) is 4.53. The van der Waals surface area contributed by atoms with Gasteiger partial charge in [0, 0.05) is 17.7 Å². The average Bonchev–Trinajstić information content (AvgIpc) is 3.13. The van der Waals surface area contributed by atoms with Gasteiger partial charge in [-0.1, -0.05) is 91.0 Å². The Hall–Kier alpha value is -3.33. The molecule has 27 heavy (non-hydrogen) atoms. The molecule has 3 nitrogen and oxygen atoms in total. The molecule has 0 aliphatic carbocycles. The van der Waals surface area contributed by atoms with Gasteiger partial charge in [-0.2, -0.15) is 5.10 Å². The van der Waals surface area contributed by atoms with Crippen LogP contribution < -0.4 is 4.74 Å². The number of hydrogen-bond acceptors (Lipinski definition) is 2. The molecule has 0 saturated heterocycles. The molecule has 0 amide bonds. The van der Waals surface area contributed by atoms with Crippen LogP contribution in [0.4, 0.5) is 0 Å². The summed E-state index contributed by atoms with van der Waals surface area (Å²) < 4.78 is 8.39. The quantitative estimate of drug-likeness (QED) is 0.436. The molecule has 0 bridgehead atoms. The Balaban J connectivity index is 1.83. The lowest BCUT2D eigenvalue weighted by molar-refractivity contribution is 0.308. The van der Waals surface area contributed by atoms with E-state index in [2.05, 4.69) is 43.3 Å². The minimum Gasteiger partial charge on any atom is -0.484 e. The molecule has 4 rings (SSSR count). The van der Waals surface area contributed by atoms with Crippen LogP contribution >= 0.6 is 0 Å². The standard InChI is InChI=1S/C24H22N2O/c1-2-26-23(21-16-10-5-11-17-21)24(27-18-19-12-6-3-7-13-19)22(25-26)20-14-8-4-9-15-20/h3-17H,2,18H2,1H3. The number of nitrogens with zero attached hydrogens (tertiary/aromatic N) is 2. The van der Waals surface area contributed by atoms with Gasteiger partial charge in [-0.25, -0.2) is 0 Å². The molecule has 0 saturated carbocycles. The van der Waals surface area contributed by atoms with E-state index in [1.54, 1.807) is 0 Å². The fraction of sp³-hybridized carbons (Fsp3) is 0.125. The van der Waals surface area contributed by atoms with E-state index in [9.17, 15) is 0 Å². The van der Waals surface area contributed by atoms with Crippen molar-refractivity contribution in [2.75, 3.05) is 0 Å². The van der Waals surface area contributed by atoms with Crippen molar-refractivity contribution in [3.05, 3.63) is 96.6 Å². The van der Waals surface area contributed by atoms with E-state index >= 15 is 0 Å². The fourth-order valence-electron chi connectivity index (χ4n) is 3.20. The van der Waals surface area contributed by atoms with E-state index in [1.165, 1.54) is 0 Å². The Labute approximate surface area is 159 Å². The molecule has 0 radical (unpaired) electrons. The molecular formula is C24H22N2O. The number of benzene rings is 3.